The van der Waals surface area contributed by atoms with Crippen LogP contribution in [0, 0.1) is 13.8 Å². The summed E-state index contributed by atoms with van der Waals surface area (Å²) in [5, 5.41) is 8.79. The molecule has 1 aromatic heterocycles. The van der Waals surface area contributed by atoms with Gasteiger partial charge in [0.1, 0.15) is 18.9 Å². The van der Waals surface area contributed by atoms with Crippen molar-refractivity contribution in [3.8, 4) is 5.75 Å². The van der Waals surface area contributed by atoms with Crippen LogP contribution < -0.4 is 4.74 Å². The zero-order chi connectivity index (χ0) is 17.7. The molecule has 6 heteroatoms. The average Bonchev–Trinajstić information content (AvgIpc) is 2.53. The molecular formula is C18H20N2O4. The summed E-state index contributed by atoms with van der Waals surface area (Å²) in [6.07, 6.45) is 3.44. The van der Waals surface area contributed by atoms with Gasteiger partial charge < -0.3 is 14.7 Å². The van der Waals surface area contributed by atoms with Crippen LogP contribution >= 0.6 is 0 Å². The summed E-state index contributed by atoms with van der Waals surface area (Å²) < 4.78 is 5.85. The van der Waals surface area contributed by atoms with Crippen LogP contribution in [-0.4, -0.2) is 40.5 Å². The number of rotatable bonds is 6. The maximum absolute atomic E-state index is 12.3. The largest absolute Gasteiger partial charge is 0.488 e. The van der Waals surface area contributed by atoms with E-state index in [1.807, 2.05) is 26.0 Å². The van der Waals surface area contributed by atoms with E-state index in [0.29, 0.717) is 12.2 Å². The molecule has 0 aliphatic rings. The summed E-state index contributed by atoms with van der Waals surface area (Å²) in [6.45, 7) is 3.77. The Labute approximate surface area is 140 Å². The van der Waals surface area contributed by atoms with Crippen LogP contribution in [0.15, 0.2) is 36.7 Å². The van der Waals surface area contributed by atoms with Crippen LogP contribution in [0.1, 0.15) is 27.0 Å². The molecule has 6 nitrogen and oxygen atoms in total. The zero-order valence-electron chi connectivity index (χ0n) is 13.9. The highest BCUT2D eigenvalue weighted by Crippen LogP contribution is 2.26. The minimum atomic E-state index is -1.05. The number of pyridine rings is 1. The lowest BCUT2D eigenvalue weighted by molar-refractivity contribution is -0.137. The summed E-state index contributed by atoms with van der Waals surface area (Å²) >= 11 is 0. The Bertz CT molecular complexity index is 721. The van der Waals surface area contributed by atoms with Gasteiger partial charge in [-0.15, -0.1) is 0 Å². The molecule has 0 unspecified atom stereocenters. The van der Waals surface area contributed by atoms with Crippen LogP contribution in [0.4, 0.5) is 0 Å². The second kappa shape index (κ2) is 7.59. The van der Waals surface area contributed by atoms with Gasteiger partial charge in [-0.3, -0.25) is 14.6 Å². The lowest BCUT2D eigenvalue weighted by Gasteiger charge is -2.17. The number of aromatic nitrogens is 1. The molecule has 1 heterocycles. The fourth-order valence-electron chi connectivity index (χ4n) is 2.44. The van der Waals surface area contributed by atoms with E-state index in [9.17, 15) is 9.59 Å². The zero-order valence-corrected chi connectivity index (χ0v) is 13.9. The normalized spacial score (nSPS) is 10.3. The number of amides is 1. The maximum Gasteiger partial charge on any atom is 0.323 e. The number of nitrogens with zero attached hydrogens (tertiary/aromatic N) is 2. The number of carbonyl (C=O) groups is 2. The van der Waals surface area contributed by atoms with Crippen LogP contribution in [-0.2, 0) is 11.4 Å². The second-order valence-corrected chi connectivity index (χ2v) is 5.64. The predicted octanol–water partition coefficient (Wildman–Crippen LogP) is 2.43. The van der Waals surface area contributed by atoms with Crippen molar-refractivity contribution in [1.82, 2.24) is 9.88 Å². The number of carboxylic acid groups (broad SMARTS) is 1. The van der Waals surface area contributed by atoms with Crippen LogP contribution in [0.2, 0.25) is 0 Å². The fraction of sp³-hybridized carbons (Fsp3) is 0.278. The van der Waals surface area contributed by atoms with Crippen LogP contribution in [0.3, 0.4) is 0 Å². The number of carboxylic acids is 1. The number of hydrogen-bond donors (Lipinski definition) is 1. The third-order valence-corrected chi connectivity index (χ3v) is 3.53. The van der Waals surface area contributed by atoms with E-state index in [0.717, 1.165) is 22.4 Å². The van der Waals surface area contributed by atoms with E-state index in [4.69, 9.17) is 9.84 Å². The molecule has 2 rings (SSSR count). The van der Waals surface area contributed by atoms with Gasteiger partial charge >= 0.3 is 5.97 Å². The minimum Gasteiger partial charge on any atom is -0.488 e. The first-order valence-electron chi connectivity index (χ1n) is 7.48. The topological polar surface area (TPSA) is 79.7 Å². The van der Waals surface area contributed by atoms with E-state index in [-0.39, 0.29) is 12.5 Å². The monoisotopic (exact) mass is 328 g/mol. The quantitative estimate of drug-likeness (QED) is 0.881. The van der Waals surface area contributed by atoms with Gasteiger partial charge in [0.05, 0.1) is 0 Å². The Morgan fingerprint density at radius 3 is 2.46 bits per heavy atom. The first kappa shape index (κ1) is 17.5. The third kappa shape index (κ3) is 4.32. The number of carbonyl (C=O) groups excluding carboxylic acids is 1. The molecule has 1 amide bonds. The van der Waals surface area contributed by atoms with E-state index < -0.39 is 5.97 Å². The molecule has 1 aromatic carbocycles. The van der Waals surface area contributed by atoms with Crippen molar-refractivity contribution in [3.05, 3.63) is 58.9 Å². The van der Waals surface area contributed by atoms with Gasteiger partial charge in [-0.2, -0.15) is 0 Å². The number of aryl methyl sites for hydroxylation is 2. The molecular weight excluding hydrogens is 308 g/mol. The van der Waals surface area contributed by atoms with Gasteiger partial charge in [-0.25, -0.2) is 0 Å². The van der Waals surface area contributed by atoms with E-state index in [1.165, 1.54) is 11.9 Å². The van der Waals surface area contributed by atoms with Gasteiger partial charge in [-0.1, -0.05) is 6.07 Å². The Morgan fingerprint density at radius 2 is 1.92 bits per heavy atom. The number of hydrogen-bond acceptors (Lipinski definition) is 4. The van der Waals surface area contributed by atoms with Crippen molar-refractivity contribution < 1.29 is 19.4 Å². The van der Waals surface area contributed by atoms with Gasteiger partial charge in [0, 0.05) is 30.6 Å². The summed E-state index contributed by atoms with van der Waals surface area (Å²) in [4.78, 5) is 28.2. The molecule has 0 aliphatic carbocycles. The van der Waals surface area contributed by atoms with Gasteiger partial charge in [0.25, 0.3) is 5.91 Å². The van der Waals surface area contributed by atoms with Crippen LogP contribution in [0.25, 0.3) is 0 Å². The third-order valence-electron chi connectivity index (χ3n) is 3.53. The Balaban J connectivity index is 2.16. The van der Waals surface area contributed by atoms with Crippen LogP contribution in [0.5, 0.6) is 5.75 Å². The molecule has 24 heavy (non-hydrogen) atoms. The maximum atomic E-state index is 12.3. The molecule has 1 N–H and O–H groups in total. The number of ether oxygens (including phenoxy) is 1. The molecule has 2 aromatic rings. The minimum absolute atomic E-state index is 0.331. The summed E-state index contributed by atoms with van der Waals surface area (Å²) in [6, 6.07) is 7.20. The molecule has 0 aliphatic heterocycles. The van der Waals surface area contributed by atoms with Crippen molar-refractivity contribution in [2.75, 3.05) is 13.6 Å². The molecule has 126 valence electrons. The van der Waals surface area contributed by atoms with Crippen molar-refractivity contribution in [2.45, 2.75) is 20.5 Å². The Hall–Kier alpha value is -2.89. The predicted molar refractivity (Wildman–Crippen MR) is 89.1 cm³/mol. The Kier molecular flexibility index (Phi) is 5.52. The van der Waals surface area contributed by atoms with Gasteiger partial charge in [0.2, 0.25) is 0 Å². The average molecular weight is 328 g/mol. The first-order chi connectivity index (χ1) is 11.4. The van der Waals surface area contributed by atoms with E-state index in [2.05, 4.69) is 4.98 Å². The van der Waals surface area contributed by atoms with Crippen molar-refractivity contribution in [2.24, 2.45) is 0 Å². The van der Waals surface area contributed by atoms with Crippen molar-refractivity contribution in [1.29, 1.82) is 0 Å². The fourth-order valence-corrected chi connectivity index (χ4v) is 2.44. The molecule has 0 fully saturated rings. The molecule has 0 radical (unpaired) electrons. The molecule has 0 saturated carbocycles. The van der Waals surface area contributed by atoms with Crippen molar-refractivity contribution in [3.63, 3.8) is 0 Å². The Morgan fingerprint density at radius 1 is 1.25 bits per heavy atom. The standard InChI is InChI=1S/C18H20N2O4/c1-12-7-15(18(23)20(3)10-16(21)22)8-13(2)17(12)24-11-14-5-4-6-19-9-14/h4-9H,10-11H2,1-3H3,(H,21,22). The smallest absolute Gasteiger partial charge is 0.323 e. The SMILES string of the molecule is Cc1cc(C(=O)N(C)CC(=O)O)cc(C)c1OCc1cccnc1. The van der Waals surface area contributed by atoms with Gasteiger partial charge in [0.15, 0.2) is 0 Å². The van der Waals surface area contributed by atoms with Gasteiger partial charge in [-0.05, 0) is 43.2 Å². The molecule has 0 saturated heterocycles. The number of benzene rings is 1. The molecule has 0 spiro atoms. The lowest BCUT2D eigenvalue weighted by Crippen LogP contribution is -2.32. The molecule has 0 atom stereocenters. The highest BCUT2D eigenvalue weighted by atomic mass is 16.5. The summed E-state index contributed by atoms with van der Waals surface area (Å²) in [5.41, 5.74) is 3.05. The summed E-state index contributed by atoms with van der Waals surface area (Å²) in [5.74, 6) is -0.658. The first-order valence-corrected chi connectivity index (χ1v) is 7.48. The van der Waals surface area contributed by atoms with E-state index >= 15 is 0 Å². The van der Waals surface area contributed by atoms with Crippen molar-refractivity contribution >= 4 is 11.9 Å². The highest BCUT2D eigenvalue weighted by molar-refractivity contribution is 5.96. The molecule has 0 bridgehead atoms. The lowest BCUT2D eigenvalue weighted by atomic mass is 10.0. The number of aliphatic carboxylic acids is 1. The highest BCUT2D eigenvalue weighted by Gasteiger charge is 2.17. The van der Waals surface area contributed by atoms with E-state index in [1.54, 1.807) is 24.5 Å². The number of likely N-dealkylation sites (N-methyl/N-ethyl adjacent to an activating group) is 1. The summed E-state index contributed by atoms with van der Waals surface area (Å²) in [7, 11) is 1.47. The second-order valence-electron chi connectivity index (χ2n) is 5.64.